The number of alkyl halides is 3. The third-order valence-corrected chi connectivity index (χ3v) is 11.7. The van der Waals surface area contributed by atoms with Gasteiger partial charge in [-0.1, -0.05) is 31.0 Å². The van der Waals surface area contributed by atoms with Crippen LogP contribution >= 0.6 is 0 Å². The summed E-state index contributed by atoms with van der Waals surface area (Å²) < 4.78 is 53.0. The van der Waals surface area contributed by atoms with Crippen LogP contribution in [-0.4, -0.2) is 92.9 Å². The van der Waals surface area contributed by atoms with Crippen LogP contribution in [0.3, 0.4) is 0 Å². The first kappa shape index (κ1) is 34.5. The van der Waals surface area contributed by atoms with Crippen LogP contribution < -0.4 is 9.64 Å². The van der Waals surface area contributed by atoms with Crippen molar-refractivity contribution in [1.29, 1.82) is 0 Å². The van der Waals surface area contributed by atoms with E-state index in [1.165, 1.54) is 18.9 Å². The summed E-state index contributed by atoms with van der Waals surface area (Å²) in [4.78, 5) is 32.8. The fourth-order valence-corrected chi connectivity index (χ4v) is 8.62. The molecule has 0 unspecified atom stereocenters. The molecule has 6 rings (SSSR count). The van der Waals surface area contributed by atoms with Crippen LogP contribution in [0, 0.1) is 17.3 Å². The van der Waals surface area contributed by atoms with E-state index in [2.05, 4.69) is 17.0 Å². The third-order valence-electron chi connectivity index (χ3n) is 11.7. The van der Waals surface area contributed by atoms with E-state index in [0.29, 0.717) is 63.9 Å². The number of carbonyl (C=O) groups excluding carboxylic acids is 1. The van der Waals surface area contributed by atoms with Crippen molar-refractivity contribution >= 4 is 17.6 Å². The summed E-state index contributed by atoms with van der Waals surface area (Å²) in [6.45, 7) is 5.11. The maximum atomic E-state index is 14.6. The minimum absolute atomic E-state index is 0.0301. The van der Waals surface area contributed by atoms with Crippen molar-refractivity contribution in [1.82, 2.24) is 9.80 Å². The molecule has 0 radical (unpaired) electrons. The van der Waals surface area contributed by atoms with Gasteiger partial charge in [0.25, 0.3) is 0 Å². The van der Waals surface area contributed by atoms with Gasteiger partial charge in [-0.2, -0.15) is 13.2 Å². The highest BCUT2D eigenvalue weighted by Crippen LogP contribution is 2.45. The van der Waals surface area contributed by atoms with Crippen molar-refractivity contribution in [2.75, 3.05) is 65.0 Å². The number of carbonyl (C=O) groups is 2. The Bertz CT molecular complexity index is 1450. The Morgan fingerprint density at radius 2 is 1.62 bits per heavy atom. The first-order valence-electron chi connectivity index (χ1n) is 17.3. The molecular weight excluding hydrogens is 623 g/mol. The molecule has 4 fully saturated rings. The van der Waals surface area contributed by atoms with Gasteiger partial charge < -0.3 is 24.4 Å². The minimum atomic E-state index is -4.52. The van der Waals surface area contributed by atoms with Gasteiger partial charge in [-0.05, 0) is 68.0 Å². The number of likely N-dealkylation sites (tertiary alicyclic amines) is 2. The number of methoxy groups -OCH3 is 2. The molecule has 3 heterocycles. The zero-order valence-electron chi connectivity index (χ0n) is 28.2. The molecule has 8 nitrogen and oxygen atoms in total. The largest absolute Gasteiger partial charge is 0.497 e. The van der Waals surface area contributed by atoms with Gasteiger partial charge in [-0.3, -0.25) is 14.5 Å². The zero-order valence-corrected chi connectivity index (χ0v) is 28.2. The van der Waals surface area contributed by atoms with Crippen molar-refractivity contribution in [3.05, 3.63) is 59.2 Å². The maximum Gasteiger partial charge on any atom is 0.416 e. The van der Waals surface area contributed by atoms with Crippen LogP contribution in [0.1, 0.15) is 74.0 Å². The number of hydrogen-bond donors (Lipinski definition) is 1. The lowest BCUT2D eigenvalue weighted by atomic mass is 9.79. The normalized spacial score (nSPS) is 26.7. The van der Waals surface area contributed by atoms with Crippen LogP contribution in [0.2, 0.25) is 0 Å². The molecule has 0 aromatic heterocycles. The van der Waals surface area contributed by atoms with Gasteiger partial charge in [0.15, 0.2) is 0 Å². The van der Waals surface area contributed by atoms with Crippen molar-refractivity contribution in [2.24, 2.45) is 17.3 Å². The summed E-state index contributed by atoms with van der Waals surface area (Å²) in [6.07, 6.45) is 0.865. The lowest BCUT2D eigenvalue weighted by molar-refractivity contribution is -0.149. The number of carboxylic acid groups (broad SMARTS) is 1. The lowest BCUT2D eigenvalue weighted by Gasteiger charge is -2.39. The second-order valence-corrected chi connectivity index (χ2v) is 14.6. The highest BCUT2D eigenvalue weighted by atomic mass is 19.4. The lowest BCUT2D eigenvalue weighted by Crippen LogP contribution is -2.43. The van der Waals surface area contributed by atoms with Crippen LogP contribution in [0.25, 0.3) is 0 Å². The maximum absolute atomic E-state index is 14.6. The standard InChI is InChI=1S/C37H48F3N3O5/c1-36(35(45)46)14-16-41(17-15-36)33-18-26(37(38,39)40)10-13-29(33)31-21-43(19-25(31)23-47-2)34(44)32-22-42(27-6-4-5-7-27)20-30(32)24-8-11-28(48-3)12-9-24/h8-13,18,25,27,30-32H,4-7,14-17,19-23H2,1-3H3,(H,45,46)/t25-,30+,31+,32-/m1/s1. The Morgan fingerprint density at radius 1 is 0.938 bits per heavy atom. The van der Waals surface area contributed by atoms with Crippen molar-refractivity contribution < 1.29 is 37.3 Å². The molecule has 1 saturated carbocycles. The minimum Gasteiger partial charge on any atom is -0.497 e. The Labute approximate surface area is 281 Å². The number of piperidine rings is 1. The van der Waals surface area contributed by atoms with E-state index in [1.54, 1.807) is 27.2 Å². The molecule has 2 aromatic carbocycles. The molecule has 2 aromatic rings. The summed E-state index contributed by atoms with van der Waals surface area (Å²) in [7, 11) is 3.25. The van der Waals surface area contributed by atoms with Crippen molar-refractivity contribution in [3.8, 4) is 5.75 Å². The van der Waals surface area contributed by atoms with Gasteiger partial charge in [-0.15, -0.1) is 0 Å². The fourth-order valence-electron chi connectivity index (χ4n) is 8.62. The average Bonchev–Trinajstić information content (AvgIpc) is 3.85. The molecule has 4 aliphatic rings. The fraction of sp³-hybridized carbons (Fsp3) is 0.622. The van der Waals surface area contributed by atoms with E-state index in [9.17, 15) is 27.9 Å². The van der Waals surface area contributed by atoms with E-state index in [4.69, 9.17) is 9.47 Å². The van der Waals surface area contributed by atoms with E-state index in [0.717, 1.165) is 42.3 Å². The first-order valence-corrected chi connectivity index (χ1v) is 17.3. The van der Waals surface area contributed by atoms with E-state index in [-0.39, 0.29) is 29.6 Å². The van der Waals surface area contributed by atoms with Gasteiger partial charge >= 0.3 is 12.1 Å². The number of halogens is 3. The molecule has 3 aliphatic heterocycles. The Balaban J connectivity index is 1.29. The summed E-state index contributed by atoms with van der Waals surface area (Å²) in [6, 6.07) is 12.4. The number of rotatable bonds is 9. The highest BCUT2D eigenvalue weighted by Gasteiger charge is 2.47. The van der Waals surface area contributed by atoms with Crippen LogP contribution in [0.5, 0.6) is 5.75 Å². The van der Waals surface area contributed by atoms with Crippen LogP contribution in [-0.2, 0) is 20.5 Å². The van der Waals surface area contributed by atoms with E-state index < -0.39 is 23.1 Å². The van der Waals surface area contributed by atoms with Gasteiger partial charge in [0.1, 0.15) is 5.75 Å². The smallest absolute Gasteiger partial charge is 0.416 e. The number of ether oxygens (including phenoxy) is 2. The summed E-state index contributed by atoms with van der Waals surface area (Å²) >= 11 is 0. The number of amides is 1. The number of hydrogen-bond acceptors (Lipinski definition) is 6. The van der Waals surface area contributed by atoms with Gasteiger partial charge in [0, 0.05) is 75.9 Å². The predicted octanol–water partition coefficient (Wildman–Crippen LogP) is 6.25. The quantitative estimate of drug-likeness (QED) is 0.338. The number of carboxylic acids is 1. The average molecular weight is 672 g/mol. The number of nitrogens with zero attached hydrogens (tertiary/aromatic N) is 3. The topological polar surface area (TPSA) is 82.6 Å². The zero-order chi connectivity index (χ0) is 34.2. The van der Waals surface area contributed by atoms with Gasteiger partial charge in [-0.25, -0.2) is 0 Å². The first-order chi connectivity index (χ1) is 22.9. The van der Waals surface area contributed by atoms with Crippen molar-refractivity contribution in [2.45, 2.75) is 69.5 Å². The highest BCUT2D eigenvalue weighted by molar-refractivity contribution is 5.81. The Hall–Kier alpha value is -3.31. The molecule has 262 valence electrons. The third kappa shape index (κ3) is 6.90. The molecule has 0 spiro atoms. The molecule has 1 aliphatic carbocycles. The number of aliphatic carboxylic acids is 1. The molecule has 1 amide bonds. The summed E-state index contributed by atoms with van der Waals surface area (Å²) in [5, 5.41) is 9.76. The molecule has 48 heavy (non-hydrogen) atoms. The molecule has 3 saturated heterocycles. The van der Waals surface area contributed by atoms with Gasteiger partial charge in [0.05, 0.1) is 30.6 Å². The van der Waals surface area contributed by atoms with E-state index >= 15 is 0 Å². The Kier molecular flexibility index (Phi) is 10.0. The molecule has 11 heteroatoms. The SMILES string of the molecule is COC[C@H]1CN(C(=O)[C@@H]2CN(C3CCCC3)C[C@H]2c2ccc(OC)cc2)C[C@@H]1c1ccc(C(F)(F)F)cc1N1CCC(C)(C(=O)O)CC1. The Morgan fingerprint density at radius 3 is 2.23 bits per heavy atom. The summed E-state index contributed by atoms with van der Waals surface area (Å²) in [5.41, 5.74) is 0.693. The van der Waals surface area contributed by atoms with Gasteiger partial charge in [0.2, 0.25) is 5.91 Å². The van der Waals surface area contributed by atoms with Crippen LogP contribution in [0.4, 0.5) is 18.9 Å². The van der Waals surface area contributed by atoms with E-state index in [1.807, 2.05) is 21.9 Å². The second kappa shape index (κ2) is 13.9. The molecule has 4 atom stereocenters. The van der Waals surface area contributed by atoms with Crippen LogP contribution in [0.15, 0.2) is 42.5 Å². The molecule has 1 N–H and O–H groups in total. The monoisotopic (exact) mass is 671 g/mol. The van der Waals surface area contributed by atoms with Crippen molar-refractivity contribution in [3.63, 3.8) is 0 Å². The molecule has 0 bridgehead atoms. The molecular formula is C37H48F3N3O5. The second-order valence-electron chi connectivity index (χ2n) is 14.6. The summed E-state index contributed by atoms with van der Waals surface area (Å²) in [5.74, 6) is -0.565. The predicted molar refractivity (Wildman–Crippen MR) is 176 cm³/mol. The number of benzene rings is 2. The number of anilines is 1.